The zero-order valence-corrected chi connectivity index (χ0v) is 20.5. The summed E-state index contributed by atoms with van der Waals surface area (Å²) in [6.45, 7) is -0.0715. The van der Waals surface area contributed by atoms with E-state index in [-0.39, 0.29) is 35.4 Å². The first-order valence-corrected chi connectivity index (χ1v) is 12.6. The van der Waals surface area contributed by atoms with E-state index in [1.54, 1.807) is 53.9 Å². The highest BCUT2D eigenvalue weighted by Crippen LogP contribution is 2.38. The minimum Gasteiger partial charge on any atom is -0.326 e. The van der Waals surface area contributed by atoms with Gasteiger partial charge in [-0.1, -0.05) is 54.1 Å². The van der Waals surface area contributed by atoms with Gasteiger partial charge in [0.05, 0.1) is 24.7 Å². The first-order valence-electron chi connectivity index (χ1n) is 11.3. The molecule has 1 N–H and O–H groups in total. The van der Waals surface area contributed by atoms with E-state index in [0.29, 0.717) is 11.4 Å². The molecule has 2 heterocycles. The van der Waals surface area contributed by atoms with E-state index in [2.05, 4.69) is 5.32 Å². The molecule has 0 bridgehead atoms. The van der Waals surface area contributed by atoms with Crippen LogP contribution in [-0.2, 0) is 22.6 Å². The first-order chi connectivity index (χ1) is 17.4. The average molecular weight is 522 g/mol. The van der Waals surface area contributed by atoms with Crippen molar-refractivity contribution in [2.24, 2.45) is 0 Å². The number of para-hydroxylation sites is 1. The highest BCUT2D eigenvalue weighted by atomic mass is 35.5. The Kier molecular flexibility index (Phi) is 6.80. The second-order valence-corrected chi connectivity index (χ2v) is 9.88. The van der Waals surface area contributed by atoms with Gasteiger partial charge in [0, 0.05) is 16.3 Å². The Morgan fingerprint density at radius 1 is 1.00 bits per heavy atom. The summed E-state index contributed by atoms with van der Waals surface area (Å²) in [6.07, 6.45) is 1.92. The minimum absolute atomic E-state index is 0.0715. The van der Waals surface area contributed by atoms with E-state index < -0.39 is 23.1 Å². The van der Waals surface area contributed by atoms with Crippen LogP contribution in [-0.4, -0.2) is 34.0 Å². The van der Waals surface area contributed by atoms with Crippen molar-refractivity contribution < 1.29 is 18.8 Å². The van der Waals surface area contributed by atoms with Crippen molar-refractivity contribution in [2.75, 3.05) is 10.2 Å². The van der Waals surface area contributed by atoms with Crippen LogP contribution in [0.4, 0.5) is 20.6 Å². The van der Waals surface area contributed by atoms with Crippen molar-refractivity contribution in [1.29, 1.82) is 0 Å². The normalized spacial score (nSPS) is 18.9. The highest BCUT2D eigenvalue weighted by Gasteiger charge is 2.48. The number of amides is 4. The number of carbonyl (C=O) groups excluding carboxylic acids is 3. The minimum atomic E-state index is -0.553. The van der Waals surface area contributed by atoms with Crippen LogP contribution in [0.15, 0.2) is 84.3 Å². The topological polar surface area (TPSA) is 69.7 Å². The standard InChI is InChI=1S/C27H21ClFN3O3S/c28-21-7-4-8-22(29)20(21)16-31-23-13-14-36-25(23)26(34)32(27(31)35)19-11-9-17(10-12-19)15-24(33)30-18-5-2-1-3-6-18/h1-14,23,25H,15-16H2,(H,30,33). The summed E-state index contributed by atoms with van der Waals surface area (Å²) in [5, 5.41) is 4.30. The first kappa shape index (κ1) is 24.1. The van der Waals surface area contributed by atoms with Gasteiger partial charge >= 0.3 is 6.03 Å². The second-order valence-electron chi connectivity index (χ2n) is 8.42. The number of hydrogen-bond donors (Lipinski definition) is 1. The Balaban J connectivity index is 1.36. The van der Waals surface area contributed by atoms with Gasteiger partial charge in [0.1, 0.15) is 11.1 Å². The fourth-order valence-electron chi connectivity index (χ4n) is 4.28. The molecule has 9 heteroatoms. The number of urea groups is 1. The lowest BCUT2D eigenvalue weighted by molar-refractivity contribution is -0.119. The van der Waals surface area contributed by atoms with E-state index in [1.165, 1.54) is 28.8 Å². The van der Waals surface area contributed by atoms with Crippen LogP contribution in [0.1, 0.15) is 11.1 Å². The zero-order chi connectivity index (χ0) is 25.2. The number of benzene rings is 3. The van der Waals surface area contributed by atoms with Crippen molar-refractivity contribution in [3.63, 3.8) is 0 Å². The predicted octanol–water partition coefficient (Wildman–Crippen LogP) is 5.63. The molecule has 1 fully saturated rings. The molecular formula is C27H21ClFN3O3S. The van der Waals surface area contributed by atoms with E-state index in [9.17, 15) is 18.8 Å². The molecular weight excluding hydrogens is 501 g/mol. The van der Waals surface area contributed by atoms with Gasteiger partial charge in [-0.15, -0.1) is 11.8 Å². The number of hydrogen-bond acceptors (Lipinski definition) is 4. The summed E-state index contributed by atoms with van der Waals surface area (Å²) in [6, 6.07) is 19.2. The second kappa shape index (κ2) is 10.2. The molecule has 6 nitrogen and oxygen atoms in total. The van der Waals surface area contributed by atoms with E-state index in [1.807, 2.05) is 18.2 Å². The molecule has 2 atom stereocenters. The van der Waals surface area contributed by atoms with Crippen LogP contribution in [0.2, 0.25) is 5.02 Å². The molecule has 0 aromatic heterocycles. The third-order valence-electron chi connectivity index (χ3n) is 6.08. The Hall–Kier alpha value is -3.62. The van der Waals surface area contributed by atoms with Gasteiger partial charge in [-0.2, -0.15) is 0 Å². The maximum Gasteiger partial charge on any atom is 0.332 e. The maximum absolute atomic E-state index is 14.5. The number of thioether (sulfide) groups is 1. The van der Waals surface area contributed by atoms with Crippen molar-refractivity contribution >= 4 is 52.6 Å². The molecule has 3 aromatic carbocycles. The monoisotopic (exact) mass is 521 g/mol. The quantitative estimate of drug-likeness (QED) is 0.456. The molecule has 182 valence electrons. The van der Waals surface area contributed by atoms with Crippen LogP contribution in [0.3, 0.4) is 0 Å². The zero-order valence-electron chi connectivity index (χ0n) is 18.9. The van der Waals surface area contributed by atoms with Crippen molar-refractivity contribution in [2.45, 2.75) is 24.3 Å². The fourth-order valence-corrected chi connectivity index (χ4v) is 5.54. The van der Waals surface area contributed by atoms with Crippen LogP contribution in [0.5, 0.6) is 0 Å². The van der Waals surface area contributed by atoms with Gasteiger partial charge in [-0.25, -0.2) is 14.1 Å². The molecule has 0 saturated carbocycles. The van der Waals surface area contributed by atoms with Gasteiger partial charge in [0.25, 0.3) is 5.91 Å². The number of halogens is 2. The van der Waals surface area contributed by atoms with Crippen molar-refractivity contribution in [3.05, 3.63) is 106 Å². The van der Waals surface area contributed by atoms with Crippen LogP contribution in [0.25, 0.3) is 0 Å². The summed E-state index contributed by atoms with van der Waals surface area (Å²) in [5.74, 6) is -1.03. The van der Waals surface area contributed by atoms with Gasteiger partial charge in [-0.05, 0) is 47.4 Å². The van der Waals surface area contributed by atoms with Gasteiger partial charge in [0.15, 0.2) is 0 Å². The number of anilines is 2. The Morgan fingerprint density at radius 2 is 1.75 bits per heavy atom. The van der Waals surface area contributed by atoms with Crippen molar-refractivity contribution in [3.8, 4) is 0 Å². The number of fused-ring (bicyclic) bond motifs is 1. The Bertz CT molecular complexity index is 1330. The summed E-state index contributed by atoms with van der Waals surface area (Å²) >= 11 is 7.54. The van der Waals surface area contributed by atoms with Crippen molar-refractivity contribution in [1.82, 2.24) is 4.90 Å². The molecule has 3 aromatic rings. The fraction of sp³-hybridized carbons (Fsp3) is 0.148. The third kappa shape index (κ3) is 4.74. The number of imide groups is 1. The Labute approximate surface area is 216 Å². The van der Waals surface area contributed by atoms with E-state index in [0.717, 1.165) is 10.5 Å². The number of carbonyl (C=O) groups is 3. The molecule has 0 radical (unpaired) electrons. The highest BCUT2D eigenvalue weighted by molar-refractivity contribution is 8.03. The SMILES string of the molecule is O=C(Cc1ccc(N2C(=O)C3SC=CC3N(Cc3c(F)cccc3Cl)C2=O)cc1)Nc1ccccc1. The summed E-state index contributed by atoms with van der Waals surface area (Å²) < 4.78 is 14.5. The molecule has 1 saturated heterocycles. The van der Waals surface area contributed by atoms with Crippen LogP contribution >= 0.6 is 23.4 Å². The summed E-state index contributed by atoms with van der Waals surface area (Å²) in [5.41, 5.74) is 2.02. The molecule has 2 aliphatic heterocycles. The lowest BCUT2D eigenvalue weighted by Crippen LogP contribution is -2.61. The largest absolute Gasteiger partial charge is 0.332 e. The molecule has 0 aliphatic carbocycles. The molecule has 36 heavy (non-hydrogen) atoms. The molecule has 2 unspecified atom stereocenters. The lowest BCUT2D eigenvalue weighted by Gasteiger charge is -2.41. The van der Waals surface area contributed by atoms with Crippen LogP contribution in [0, 0.1) is 5.82 Å². The smallest absolute Gasteiger partial charge is 0.326 e. The molecule has 4 amide bonds. The van der Waals surface area contributed by atoms with E-state index in [4.69, 9.17) is 11.6 Å². The summed E-state index contributed by atoms with van der Waals surface area (Å²) in [4.78, 5) is 41.8. The van der Waals surface area contributed by atoms with Gasteiger partial charge < -0.3 is 10.2 Å². The number of nitrogens with zero attached hydrogens (tertiary/aromatic N) is 2. The molecule has 5 rings (SSSR count). The average Bonchev–Trinajstić information content (AvgIpc) is 3.35. The molecule has 0 spiro atoms. The van der Waals surface area contributed by atoms with Gasteiger partial charge in [0.2, 0.25) is 5.91 Å². The van der Waals surface area contributed by atoms with E-state index >= 15 is 0 Å². The Morgan fingerprint density at radius 3 is 2.47 bits per heavy atom. The molecule has 2 aliphatic rings. The maximum atomic E-state index is 14.5. The number of rotatable bonds is 6. The van der Waals surface area contributed by atoms with Crippen LogP contribution < -0.4 is 10.2 Å². The van der Waals surface area contributed by atoms with Gasteiger partial charge in [-0.3, -0.25) is 9.59 Å². The predicted molar refractivity (Wildman–Crippen MR) is 139 cm³/mol. The third-order valence-corrected chi connectivity index (χ3v) is 7.52. The number of nitrogens with one attached hydrogen (secondary N) is 1. The lowest BCUT2D eigenvalue weighted by atomic mass is 10.0. The summed E-state index contributed by atoms with van der Waals surface area (Å²) in [7, 11) is 0.